The van der Waals surface area contributed by atoms with Crippen LogP contribution in [0.1, 0.15) is 57.8 Å². The molecule has 13 heteroatoms. The first kappa shape index (κ1) is 29.5. The van der Waals surface area contributed by atoms with Crippen LogP contribution in [0.25, 0.3) is 11.5 Å². The van der Waals surface area contributed by atoms with E-state index in [1.54, 1.807) is 24.8 Å². The van der Waals surface area contributed by atoms with E-state index in [9.17, 15) is 22.4 Å². The lowest BCUT2D eigenvalue weighted by Gasteiger charge is -2.37. The Morgan fingerprint density at radius 2 is 1.84 bits per heavy atom. The largest absolute Gasteiger partial charge is 0.416 e. The Bertz CT molecular complexity index is 1490. The van der Waals surface area contributed by atoms with Crippen LogP contribution in [0, 0.1) is 13.8 Å². The summed E-state index contributed by atoms with van der Waals surface area (Å²) in [4.78, 5) is 27.0. The molecule has 9 nitrogen and oxygen atoms in total. The van der Waals surface area contributed by atoms with Gasteiger partial charge in [0, 0.05) is 56.5 Å². The molecule has 1 N–H and O–H groups in total. The molecule has 3 aliphatic rings. The van der Waals surface area contributed by atoms with Gasteiger partial charge < -0.3 is 24.4 Å². The number of amides is 1. The molecule has 0 bridgehead atoms. The lowest BCUT2D eigenvalue weighted by molar-refractivity contribution is -0.137. The number of piperidine rings is 1. The number of alkyl halides is 4. The van der Waals surface area contributed by atoms with Gasteiger partial charge in [0.15, 0.2) is 11.5 Å². The van der Waals surface area contributed by atoms with E-state index in [0.717, 1.165) is 11.6 Å². The Hall–Kier alpha value is -3.58. The Balaban J connectivity index is 1.24. The molecule has 0 spiro atoms. The van der Waals surface area contributed by atoms with E-state index >= 15 is 0 Å². The highest BCUT2D eigenvalue weighted by Gasteiger charge is 2.34. The van der Waals surface area contributed by atoms with Gasteiger partial charge in [-0.3, -0.25) is 4.79 Å². The molecule has 0 radical (unpaired) electrons. The summed E-state index contributed by atoms with van der Waals surface area (Å²) in [5, 5.41) is 7.47. The standard InChI is InChI=1S/C30H34F4N6O3/c1-17-13-25(38-43-17)27-36-26(29(41)39-10-6-22(7-11-39)35-24-8-12-42-16-23(24)31)18(2)28(37-27)40-9-5-19-14-21(30(32,33)34)4-3-20(19)15-40/h3-4,13-14,22-24,35H,5-12,15-16H2,1-2H3/t23-,24+/m1/s1. The first-order valence-corrected chi connectivity index (χ1v) is 14.6. The summed E-state index contributed by atoms with van der Waals surface area (Å²) in [6.07, 6.45) is -3.05. The van der Waals surface area contributed by atoms with E-state index in [4.69, 9.17) is 14.2 Å². The maximum Gasteiger partial charge on any atom is 0.416 e. The van der Waals surface area contributed by atoms with Gasteiger partial charge in [0.1, 0.15) is 23.4 Å². The summed E-state index contributed by atoms with van der Waals surface area (Å²) in [6, 6.07) is 5.38. The third-order valence-electron chi connectivity index (χ3n) is 8.54. The number of fused-ring (bicyclic) bond motifs is 1. The van der Waals surface area contributed by atoms with E-state index in [0.29, 0.717) is 86.9 Å². The van der Waals surface area contributed by atoms with Crippen molar-refractivity contribution >= 4 is 11.7 Å². The van der Waals surface area contributed by atoms with Crippen molar-refractivity contribution in [1.82, 2.24) is 25.3 Å². The molecule has 43 heavy (non-hydrogen) atoms. The van der Waals surface area contributed by atoms with Crippen molar-refractivity contribution in [3.63, 3.8) is 0 Å². The van der Waals surface area contributed by atoms with E-state index < -0.39 is 17.9 Å². The quantitative estimate of drug-likeness (QED) is 0.422. The Morgan fingerprint density at radius 1 is 1.05 bits per heavy atom. The first-order valence-electron chi connectivity index (χ1n) is 14.6. The van der Waals surface area contributed by atoms with Crippen molar-refractivity contribution in [2.24, 2.45) is 0 Å². The fourth-order valence-corrected chi connectivity index (χ4v) is 6.11. The minimum absolute atomic E-state index is 0.104. The Morgan fingerprint density at radius 3 is 2.53 bits per heavy atom. The summed E-state index contributed by atoms with van der Waals surface area (Å²) in [5.74, 6) is 1.10. The number of nitrogens with one attached hydrogen (secondary N) is 1. The highest BCUT2D eigenvalue weighted by atomic mass is 19.4. The molecule has 3 aromatic rings. The van der Waals surface area contributed by atoms with Gasteiger partial charge >= 0.3 is 6.18 Å². The van der Waals surface area contributed by atoms with Gasteiger partial charge in [-0.05, 0) is 62.8 Å². The number of anilines is 1. The zero-order chi connectivity index (χ0) is 30.3. The Kier molecular flexibility index (Phi) is 8.12. The van der Waals surface area contributed by atoms with Gasteiger partial charge in [0.25, 0.3) is 5.91 Å². The SMILES string of the molecule is Cc1cc(-c2nc(C(=O)N3CCC(N[C@H]4CCOC[C@H]4F)CC3)c(C)c(N3CCc4cc(C(F)(F)F)ccc4C3)n2)no1. The monoisotopic (exact) mass is 602 g/mol. The Labute approximate surface area is 246 Å². The molecule has 1 amide bonds. The predicted molar refractivity (Wildman–Crippen MR) is 149 cm³/mol. The second-order valence-corrected chi connectivity index (χ2v) is 11.5. The third kappa shape index (κ3) is 6.23. The number of carbonyl (C=O) groups excluding carboxylic acids is 1. The molecule has 6 rings (SSSR count). The van der Waals surface area contributed by atoms with E-state index in [1.165, 1.54) is 12.1 Å². The van der Waals surface area contributed by atoms with Crippen LogP contribution in [0.4, 0.5) is 23.4 Å². The number of benzene rings is 1. The molecule has 2 aromatic heterocycles. The number of aryl methyl sites for hydroxylation is 1. The van der Waals surface area contributed by atoms with Crippen LogP contribution < -0.4 is 10.2 Å². The summed E-state index contributed by atoms with van der Waals surface area (Å²) in [5.41, 5.74) is 1.99. The summed E-state index contributed by atoms with van der Waals surface area (Å²) in [6.45, 7) is 5.94. The number of carbonyl (C=O) groups is 1. The molecule has 2 atom stereocenters. The number of ether oxygens (including phenoxy) is 1. The van der Waals surface area contributed by atoms with Crippen LogP contribution in [0.15, 0.2) is 28.8 Å². The van der Waals surface area contributed by atoms with E-state index in [1.807, 2.05) is 4.90 Å². The smallest absolute Gasteiger partial charge is 0.378 e. The van der Waals surface area contributed by atoms with Gasteiger partial charge in [-0.1, -0.05) is 11.2 Å². The number of rotatable bonds is 5. The molecule has 1 aromatic carbocycles. The number of aromatic nitrogens is 3. The number of likely N-dealkylation sites (tertiary alicyclic amines) is 1. The van der Waals surface area contributed by atoms with Crippen LogP contribution in [0.3, 0.4) is 0 Å². The number of hydrogen-bond donors (Lipinski definition) is 1. The van der Waals surface area contributed by atoms with Crippen LogP contribution in [-0.4, -0.2) is 77.0 Å². The van der Waals surface area contributed by atoms with Gasteiger partial charge in [-0.15, -0.1) is 0 Å². The van der Waals surface area contributed by atoms with Crippen molar-refractivity contribution < 1.29 is 31.6 Å². The number of hydrogen-bond acceptors (Lipinski definition) is 8. The molecule has 0 aliphatic carbocycles. The summed E-state index contributed by atoms with van der Waals surface area (Å²) < 4.78 is 64.5. The molecule has 0 unspecified atom stereocenters. The number of nitrogens with zero attached hydrogens (tertiary/aromatic N) is 5. The van der Waals surface area contributed by atoms with Gasteiger partial charge in [0.05, 0.1) is 12.2 Å². The molecule has 2 saturated heterocycles. The highest BCUT2D eigenvalue weighted by molar-refractivity contribution is 5.95. The van der Waals surface area contributed by atoms with Crippen molar-refractivity contribution in [1.29, 1.82) is 0 Å². The average Bonchev–Trinajstić information content (AvgIpc) is 3.43. The summed E-state index contributed by atoms with van der Waals surface area (Å²) in [7, 11) is 0. The third-order valence-corrected chi connectivity index (χ3v) is 8.54. The van der Waals surface area contributed by atoms with Crippen LogP contribution >= 0.6 is 0 Å². The summed E-state index contributed by atoms with van der Waals surface area (Å²) >= 11 is 0. The van der Waals surface area contributed by atoms with Crippen LogP contribution in [-0.2, 0) is 23.9 Å². The minimum atomic E-state index is -4.40. The molecule has 5 heterocycles. The second-order valence-electron chi connectivity index (χ2n) is 11.5. The molecule has 3 aliphatic heterocycles. The lowest BCUT2D eigenvalue weighted by Crippen LogP contribution is -2.52. The normalized spacial score (nSPS) is 21.6. The predicted octanol–water partition coefficient (Wildman–Crippen LogP) is 4.65. The second kappa shape index (κ2) is 11.8. The van der Waals surface area contributed by atoms with Crippen molar-refractivity contribution in [3.05, 3.63) is 58.0 Å². The highest BCUT2D eigenvalue weighted by Crippen LogP contribution is 2.34. The molecule has 230 valence electrons. The lowest BCUT2D eigenvalue weighted by atomic mass is 9.96. The van der Waals surface area contributed by atoms with Crippen molar-refractivity contribution in [2.45, 2.75) is 70.5 Å². The maximum atomic E-state index is 14.3. The molecular formula is C30H34F4N6O3. The minimum Gasteiger partial charge on any atom is -0.378 e. The van der Waals surface area contributed by atoms with Crippen molar-refractivity contribution in [2.75, 3.05) is 37.7 Å². The molecular weight excluding hydrogens is 568 g/mol. The van der Waals surface area contributed by atoms with Crippen molar-refractivity contribution in [3.8, 4) is 11.5 Å². The van der Waals surface area contributed by atoms with E-state index in [-0.39, 0.29) is 36.1 Å². The van der Waals surface area contributed by atoms with Crippen LogP contribution in [0.2, 0.25) is 0 Å². The topological polar surface area (TPSA) is 96.6 Å². The van der Waals surface area contributed by atoms with Gasteiger partial charge in [-0.2, -0.15) is 13.2 Å². The fourth-order valence-electron chi connectivity index (χ4n) is 6.11. The maximum absolute atomic E-state index is 14.3. The average molecular weight is 603 g/mol. The van der Waals surface area contributed by atoms with Gasteiger partial charge in [-0.25, -0.2) is 14.4 Å². The number of halogens is 4. The molecule has 2 fully saturated rings. The van der Waals surface area contributed by atoms with Crippen LogP contribution in [0.5, 0.6) is 0 Å². The zero-order valence-electron chi connectivity index (χ0n) is 24.1. The van der Waals surface area contributed by atoms with Gasteiger partial charge in [0.2, 0.25) is 0 Å². The molecule has 0 saturated carbocycles. The van der Waals surface area contributed by atoms with E-state index in [2.05, 4.69) is 15.5 Å². The fraction of sp³-hybridized carbons (Fsp3) is 0.533. The first-order chi connectivity index (χ1) is 20.6. The zero-order valence-corrected chi connectivity index (χ0v) is 24.1.